The van der Waals surface area contributed by atoms with Gasteiger partial charge in [0.25, 0.3) is 0 Å². The van der Waals surface area contributed by atoms with Gasteiger partial charge in [-0.05, 0) is 31.6 Å². The van der Waals surface area contributed by atoms with Crippen LogP contribution in [-0.4, -0.2) is 41.1 Å². The average molecular weight is 202 g/mol. The van der Waals surface area contributed by atoms with Gasteiger partial charge in [0.1, 0.15) is 0 Å². The summed E-state index contributed by atoms with van der Waals surface area (Å²) in [5, 5.41) is 11.7. The molecule has 2 unspecified atom stereocenters. The molecule has 0 bridgehead atoms. The fraction of sp³-hybridized carbons (Fsp3) is 1.00. The highest BCUT2D eigenvalue weighted by molar-refractivity contribution is 4.82. The molecule has 1 N–H and O–H groups in total. The minimum absolute atomic E-state index is 0.0544. The molecule has 0 saturated carbocycles. The van der Waals surface area contributed by atoms with E-state index in [2.05, 4.69) is 0 Å². The first kappa shape index (κ1) is 10.3. The number of hydrogen-bond donors (Lipinski definition) is 1. The van der Waals surface area contributed by atoms with Crippen molar-refractivity contribution in [2.75, 3.05) is 19.6 Å². The third-order valence-corrected chi connectivity index (χ3v) is 3.46. The fourth-order valence-electron chi connectivity index (χ4n) is 2.69. The molecule has 14 heavy (non-hydrogen) atoms. The van der Waals surface area contributed by atoms with Crippen LogP contribution < -0.4 is 0 Å². The van der Waals surface area contributed by atoms with Gasteiger partial charge in [0.15, 0.2) is 0 Å². The summed E-state index contributed by atoms with van der Waals surface area (Å²) in [5.74, 6) is 0.319. The molecule has 0 aromatic rings. The fourth-order valence-corrected chi connectivity index (χ4v) is 2.69. The van der Waals surface area contributed by atoms with E-state index in [1.165, 1.54) is 5.06 Å². The first-order chi connectivity index (χ1) is 6.77. The summed E-state index contributed by atoms with van der Waals surface area (Å²) in [6.07, 6.45) is 5.11. The molecule has 0 spiro atoms. The van der Waals surface area contributed by atoms with Crippen molar-refractivity contribution in [3.8, 4) is 0 Å². The van der Waals surface area contributed by atoms with Crippen LogP contribution in [-0.2, 0) is 0 Å². The first-order valence-corrected chi connectivity index (χ1v) is 5.63. The second kappa shape index (κ2) is 4.55. The molecule has 2 rings (SSSR count). The summed E-state index contributed by atoms with van der Waals surface area (Å²) in [7, 11) is 0. The predicted molar refractivity (Wildman–Crippen MR) is 51.5 cm³/mol. The Morgan fingerprint density at radius 2 is 1.93 bits per heavy atom. The summed E-state index contributed by atoms with van der Waals surface area (Å²) in [6.45, 7) is 1.97. The van der Waals surface area contributed by atoms with Gasteiger partial charge in [-0.25, -0.2) is 0 Å². The molecule has 82 valence electrons. The van der Waals surface area contributed by atoms with E-state index in [1.807, 2.05) is 0 Å². The predicted octanol–water partition coefficient (Wildman–Crippen LogP) is 1.83. The van der Waals surface area contributed by atoms with Crippen molar-refractivity contribution < 1.29 is 9.69 Å². The van der Waals surface area contributed by atoms with Gasteiger partial charge >= 0.3 is 0 Å². The smallest absolute Gasteiger partial charge is 0.0443 e. The lowest BCUT2D eigenvalue weighted by Gasteiger charge is -2.38. The van der Waals surface area contributed by atoms with Crippen molar-refractivity contribution in [3.05, 3.63) is 0 Å². The van der Waals surface area contributed by atoms with Crippen LogP contribution in [0.4, 0.5) is 4.48 Å². The monoisotopic (exact) mass is 202 g/mol. The van der Waals surface area contributed by atoms with Gasteiger partial charge in [-0.15, -0.1) is 9.60 Å². The molecule has 2 saturated heterocycles. The van der Waals surface area contributed by atoms with Gasteiger partial charge in [0.2, 0.25) is 0 Å². The van der Waals surface area contributed by atoms with E-state index >= 15 is 0 Å². The number of piperidine rings is 2. The molecular weight excluding hydrogens is 183 g/mol. The van der Waals surface area contributed by atoms with Crippen molar-refractivity contribution >= 4 is 0 Å². The van der Waals surface area contributed by atoms with Crippen LogP contribution in [0, 0.1) is 5.92 Å². The van der Waals surface area contributed by atoms with E-state index in [9.17, 15) is 9.69 Å². The second-order valence-corrected chi connectivity index (χ2v) is 4.50. The van der Waals surface area contributed by atoms with Crippen LogP contribution in [0.2, 0.25) is 0 Å². The summed E-state index contributed by atoms with van der Waals surface area (Å²) >= 11 is 0. The van der Waals surface area contributed by atoms with Crippen LogP contribution in [0.25, 0.3) is 0 Å². The van der Waals surface area contributed by atoms with E-state index in [4.69, 9.17) is 0 Å². The van der Waals surface area contributed by atoms with Crippen LogP contribution in [0.1, 0.15) is 32.1 Å². The van der Waals surface area contributed by atoms with Crippen LogP contribution in [0.15, 0.2) is 0 Å². The Balaban J connectivity index is 1.91. The first-order valence-electron chi connectivity index (χ1n) is 5.63. The Bertz CT molecular complexity index is 191. The highest BCUT2D eigenvalue weighted by atomic mass is 19.2. The molecule has 2 fully saturated rings. The summed E-state index contributed by atoms with van der Waals surface area (Å²) < 4.78 is 13.5. The van der Waals surface area contributed by atoms with E-state index in [1.54, 1.807) is 0 Å². The zero-order chi connectivity index (χ0) is 9.97. The Morgan fingerprint density at radius 1 is 1.07 bits per heavy atom. The molecule has 2 heterocycles. The average Bonchev–Trinajstić information content (AvgIpc) is 2.18. The number of rotatable bonds is 1. The minimum Gasteiger partial charge on any atom is -0.314 e. The van der Waals surface area contributed by atoms with E-state index in [-0.39, 0.29) is 6.04 Å². The third-order valence-electron chi connectivity index (χ3n) is 3.46. The molecule has 0 aliphatic carbocycles. The number of halogens is 1. The highest BCUT2D eigenvalue weighted by Gasteiger charge is 2.32. The maximum absolute atomic E-state index is 13.5. The molecule has 2 aliphatic heterocycles. The zero-order valence-electron chi connectivity index (χ0n) is 8.53. The Morgan fingerprint density at radius 3 is 2.64 bits per heavy atom. The molecular formula is C10H19FN2O. The van der Waals surface area contributed by atoms with Gasteiger partial charge in [0.05, 0.1) is 0 Å². The molecule has 2 aliphatic rings. The molecule has 0 amide bonds. The van der Waals surface area contributed by atoms with Gasteiger partial charge in [0, 0.05) is 25.7 Å². The third kappa shape index (κ3) is 2.24. The van der Waals surface area contributed by atoms with Crippen LogP contribution in [0.3, 0.4) is 0 Å². The Hall–Kier alpha value is -0.190. The summed E-state index contributed by atoms with van der Waals surface area (Å²) in [6, 6.07) is 0.0544. The second-order valence-electron chi connectivity index (χ2n) is 4.50. The van der Waals surface area contributed by atoms with Gasteiger partial charge in [-0.2, -0.15) is 5.06 Å². The minimum atomic E-state index is 0.0544. The molecule has 2 atom stereocenters. The van der Waals surface area contributed by atoms with E-state index in [0.29, 0.717) is 19.0 Å². The molecule has 0 aromatic heterocycles. The maximum Gasteiger partial charge on any atom is 0.0443 e. The highest BCUT2D eigenvalue weighted by Crippen LogP contribution is 2.29. The lowest BCUT2D eigenvalue weighted by molar-refractivity contribution is -0.145. The van der Waals surface area contributed by atoms with E-state index < -0.39 is 0 Å². The standard InChI is InChI=1S/C10H19FN2O/c11-13-7-2-1-5-10(13)9-4-3-6-12(14)8-9/h9-10,14H,1-8H2. The lowest BCUT2D eigenvalue weighted by atomic mass is 9.86. The number of nitrogens with zero attached hydrogens (tertiary/aromatic N) is 2. The Labute approximate surface area is 84.4 Å². The van der Waals surface area contributed by atoms with Crippen LogP contribution >= 0.6 is 0 Å². The maximum atomic E-state index is 13.5. The summed E-state index contributed by atoms with van der Waals surface area (Å²) in [5.41, 5.74) is 0. The largest absolute Gasteiger partial charge is 0.314 e. The van der Waals surface area contributed by atoms with Crippen molar-refractivity contribution in [1.82, 2.24) is 10.2 Å². The van der Waals surface area contributed by atoms with Crippen LogP contribution in [0.5, 0.6) is 0 Å². The van der Waals surface area contributed by atoms with Crippen molar-refractivity contribution in [2.24, 2.45) is 5.92 Å². The van der Waals surface area contributed by atoms with Crippen molar-refractivity contribution in [1.29, 1.82) is 0 Å². The quantitative estimate of drug-likeness (QED) is 0.657. The van der Waals surface area contributed by atoms with E-state index in [0.717, 1.165) is 43.8 Å². The van der Waals surface area contributed by atoms with Crippen molar-refractivity contribution in [2.45, 2.75) is 38.1 Å². The molecule has 4 heteroatoms. The van der Waals surface area contributed by atoms with Gasteiger partial charge in [-0.1, -0.05) is 6.42 Å². The summed E-state index contributed by atoms with van der Waals surface area (Å²) in [4.78, 5) is 0. The Kier molecular flexibility index (Phi) is 3.36. The SMILES string of the molecule is ON1CCCC(C2CCCCN2F)C1. The molecule has 0 radical (unpaired) electrons. The number of hydroxylamine groups is 2. The number of hydrogen-bond acceptors (Lipinski definition) is 3. The zero-order valence-corrected chi connectivity index (χ0v) is 8.53. The molecule has 0 aromatic carbocycles. The lowest BCUT2D eigenvalue weighted by Crippen LogP contribution is -2.46. The van der Waals surface area contributed by atoms with Crippen molar-refractivity contribution in [3.63, 3.8) is 0 Å². The molecule has 3 nitrogen and oxygen atoms in total. The normalized spacial score (nSPS) is 37.3. The topological polar surface area (TPSA) is 26.7 Å². The van der Waals surface area contributed by atoms with Gasteiger partial charge < -0.3 is 5.21 Å². The van der Waals surface area contributed by atoms with Gasteiger partial charge in [-0.3, -0.25) is 0 Å².